The number of fused-ring (bicyclic) bond motifs is 1. The summed E-state index contributed by atoms with van der Waals surface area (Å²) in [6, 6.07) is 1.40. The number of esters is 1. The summed E-state index contributed by atoms with van der Waals surface area (Å²) in [5.41, 5.74) is 0.662. The highest BCUT2D eigenvalue weighted by atomic mass is 19.1. The number of hydrogen-bond acceptors (Lipinski definition) is 3. The van der Waals surface area contributed by atoms with Gasteiger partial charge in [-0.15, -0.1) is 0 Å². The van der Waals surface area contributed by atoms with Crippen LogP contribution in [0.25, 0.3) is 0 Å². The molecule has 0 saturated heterocycles. The van der Waals surface area contributed by atoms with E-state index in [2.05, 4.69) is 5.32 Å². The van der Waals surface area contributed by atoms with Crippen LogP contribution in [0.4, 0.5) is 14.5 Å². The van der Waals surface area contributed by atoms with Crippen LogP contribution < -0.4 is 5.32 Å². The maximum absolute atomic E-state index is 13.3. The standard InChI is InChI=1S/C11H11F2NO2/c1-2-16-11(15)9-4-6-3-7(12)5-8(13)10(6)14-9/h3,5,9,14H,2,4H2,1H3/t9-/m1/s1. The van der Waals surface area contributed by atoms with Crippen LogP contribution in [0.1, 0.15) is 12.5 Å². The van der Waals surface area contributed by atoms with E-state index in [-0.39, 0.29) is 18.7 Å². The van der Waals surface area contributed by atoms with Gasteiger partial charge in [-0.25, -0.2) is 13.6 Å². The first-order chi connectivity index (χ1) is 7.61. The molecule has 1 aromatic carbocycles. The zero-order valence-electron chi connectivity index (χ0n) is 8.72. The van der Waals surface area contributed by atoms with Crippen LogP contribution in [0.5, 0.6) is 0 Å². The van der Waals surface area contributed by atoms with Crippen LogP contribution in [0.3, 0.4) is 0 Å². The van der Waals surface area contributed by atoms with Gasteiger partial charge in [0.05, 0.1) is 12.3 Å². The molecule has 1 atom stereocenters. The first kappa shape index (κ1) is 10.9. The van der Waals surface area contributed by atoms with Crippen molar-refractivity contribution in [2.75, 3.05) is 11.9 Å². The Balaban J connectivity index is 2.21. The lowest BCUT2D eigenvalue weighted by molar-refractivity contribution is -0.143. The largest absolute Gasteiger partial charge is 0.464 e. The first-order valence-electron chi connectivity index (χ1n) is 5.03. The number of benzene rings is 1. The van der Waals surface area contributed by atoms with Crippen LogP contribution in [0.2, 0.25) is 0 Å². The quantitative estimate of drug-likeness (QED) is 0.784. The summed E-state index contributed by atoms with van der Waals surface area (Å²) in [5, 5.41) is 2.70. The third-order valence-electron chi connectivity index (χ3n) is 2.45. The molecule has 1 aliphatic rings. The van der Waals surface area contributed by atoms with Gasteiger partial charge in [-0.3, -0.25) is 0 Å². The third-order valence-corrected chi connectivity index (χ3v) is 2.45. The van der Waals surface area contributed by atoms with Gasteiger partial charge >= 0.3 is 5.97 Å². The van der Waals surface area contributed by atoms with E-state index in [9.17, 15) is 13.6 Å². The first-order valence-corrected chi connectivity index (χ1v) is 5.03. The van der Waals surface area contributed by atoms with Crippen molar-refractivity contribution in [2.24, 2.45) is 0 Å². The second kappa shape index (κ2) is 4.08. The molecule has 0 saturated carbocycles. The van der Waals surface area contributed by atoms with Gasteiger partial charge in [-0.05, 0) is 18.6 Å². The summed E-state index contributed by atoms with van der Waals surface area (Å²) in [5.74, 6) is -1.76. The number of ether oxygens (including phenoxy) is 1. The highest BCUT2D eigenvalue weighted by molar-refractivity contribution is 5.83. The van der Waals surface area contributed by atoms with Crippen molar-refractivity contribution in [3.8, 4) is 0 Å². The SMILES string of the molecule is CCOC(=O)[C@H]1Cc2cc(F)cc(F)c2N1. The number of rotatable bonds is 2. The van der Waals surface area contributed by atoms with Crippen molar-refractivity contribution in [2.45, 2.75) is 19.4 Å². The third kappa shape index (κ3) is 1.85. The van der Waals surface area contributed by atoms with Gasteiger partial charge in [0, 0.05) is 12.5 Å². The normalized spacial score (nSPS) is 17.8. The van der Waals surface area contributed by atoms with E-state index in [0.717, 1.165) is 6.07 Å². The molecule has 16 heavy (non-hydrogen) atoms. The highest BCUT2D eigenvalue weighted by Crippen LogP contribution is 2.29. The summed E-state index contributed by atoms with van der Waals surface area (Å²) in [6.45, 7) is 1.96. The van der Waals surface area contributed by atoms with Gasteiger partial charge in [0.15, 0.2) is 0 Å². The Labute approximate surface area is 91.4 Å². The Morgan fingerprint density at radius 3 is 3.00 bits per heavy atom. The van der Waals surface area contributed by atoms with Gasteiger partial charge < -0.3 is 10.1 Å². The fourth-order valence-corrected chi connectivity index (χ4v) is 1.78. The molecule has 1 aliphatic heterocycles. The molecule has 5 heteroatoms. The van der Waals surface area contributed by atoms with E-state index in [0.29, 0.717) is 5.56 Å². The lowest BCUT2D eigenvalue weighted by atomic mass is 10.1. The number of carbonyl (C=O) groups excluding carboxylic acids is 1. The van der Waals surface area contributed by atoms with Crippen LogP contribution in [-0.4, -0.2) is 18.6 Å². The summed E-state index contributed by atoms with van der Waals surface area (Å²) in [4.78, 5) is 11.4. The molecule has 0 aliphatic carbocycles. The van der Waals surface area contributed by atoms with E-state index < -0.39 is 23.6 Å². The highest BCUT2D eigenvalue weighted by Gasteiger charge is 2.30. The summed E-state index contributed by atoms with van der Waals surface area (Å²) < 4.78 is 31.0. The van der Waals surface area contributed by atoms with E-state index in [4.69, 9.17) is 4.74 Å². The number of anilines is 1. The van der Waals surface area contributed by atoms with Gasteiger partial charge in [-0.1, -0.05) is 0 Å². The van der Waals surface area contributed by atoms with E-state index >= 15 is 0 Å². The molecule has 0 radical (unpaired) electrons. The number of nitrogens with one attached hydrogen (secondary N) is 1. The van der Waals surface area contributed by atoms with Gasteiger partial charge in [-0.2, -0.15) is 0 Å². The average molecular weight is 227 g/mol. The average Bonchev–Trinajstić information content (AvgIpc) is 2.62. The van der Waals surface area contributed by atoms with Crippen LogP contribution in [-0.2, 0) is 16.0 Å². The smallest absolute Gasteiger partial charge is 0.328 e. The minimum atomic E-state index is -0.679. The summed E-state index contributed by atoms with van der Waals surface area (Å²) in [6.07, 6.45) is 0.253. The second-order valence-corrected chi connectivity index (χ2v) is 3.57. The lowest BCUT2D eigenvalue weighted by Crippen LogP contribution is -2.29. The molecule has 0 spiro atoms. The maximum atomic E-state index is 13.3. The van der Waals surface area contributed by atoms with Crippen molar-refractivity contribution in [1.82, 2.24) is 0 Å². The molecule has 3 nitrogen and oxygen atoms in total. The molecule has 0 amide bonds. The topological polar surface area (TPSA) is 38.3 Å². The zero-order chi connectivity index (χ0) is 11.7. The fraction of sp³-hybridized carbons (Fsp3) is 0.364. The van der Waals surface area contributed by atoms with Crippen LogP contribution >= 0.6 is 0 Å². The lowest BCUT2D eigenvalue weighted by Gasteiger charge is -2.09. The summed E-state index contributed by atoms with van der Waals surface area (Å²) >= 11 is 0. The van der Waals surface area contributed by atoms with Crippen LogP contribution in [0, 0.1) is 11.6 Å². The van der Waals surface area contributed by atoms with Crippen molar-refractivity contribution in [3.63, 3.8) is 0 Å². The monoisotopic (exact) mass is 227 g/mol. The Kier molecular flexibility index (Phi) is 2.77. The van der Waals surface area contributed by atoms with Crippen molar-refractivity contribution < 1.29 is 18.3 Å². The van der Waals surface area contributed by atoms with E-state index in [1.54, 1.807) is 6.92 Å². The molecule has 0 aromatic heterocycles. The number of hydrogen-bond donors (Lipinski definition) is 1. The van der Waals surface area contributed by atoms with Crippen molar-refractivity contribution in [1.29, 1.82) is 0 Å². The Bertz CT molecular complexity index is 434. The van der Waals surface area contributed by atoms with Gasteiger partial charge in [0.2, 0.25) is 0 Å². The van der Waals surface area contributed by atoms with E-state index in [1.165, 1.54) is 6.07 Å². The molecule has 0 bridgehead atoms. The Morgan fingerprint density at radius 2 is 2.31 bits per heavy atom. The number of carbonyl (C=O) groups is 1. The fourth-order valence-electron chi connectivity index (χ4n) is 1.78. The molecule has 86 valence electrons. The summed E-state index contributed by atoms with van der Waals surface area (Å²) in [7, 11) is 0. The zero-order valence-corrected chi connectivity index (χ0v) is 8.72. The molecule has 0 fully saturated rings. The molecular formula is C11H11F2NO2. The second-order valence-electron chi connectivity index (χ2n) is 3.57. The minimum absolute atomic E-state index is 0.194. The Morgan fingerprint density at radius 1 is 1.56 bits per heavy atom. The maximum Gasteiger partial charge on any atom is 0.328 e. The Hall–Kier alpha value is -1.65. The predicted molar refractivity (Wildman–Crippen MR) is 54.1 cm³/mol. The molecule has 1 aromatic rings. The number of halogens is 2. The van der Waals surface area contributed by atoms with Crippen molar-refractivity contribution in [3.05, 3.63) is 29.3 Å². The van der Waals surface area contributed by atoms with Gasteiger partial charge in [0.1, 0.15) is 17.7 Å². The van der Waals surface area contributed by atoms with Crippen LogP contribution in [0.15, 0.2) is 12.1 Å². The minimum Gasteiger partial charge on any atom is -0.464 e. The molecule has 1 heterocycles. The molecule has 1 N–H and O–H groups in total. The van der Waals surface area contributed by atoms with E-state index in [1.807, 2.05) is 0 Å². The van der Waals surface area contributed by atoms with Gasteiger partial charge in [0.25, 0.3) is 0 Å². The molecule has 0 unspecified atom stereocenters. The molecule has 2 rings (SSSR count). The predicted octanol–water partition coefficient (Wildman–Crippen LogP) is 1.86. The molecular weight excluding hydrogens is 216 g/mol. The van der Waals surface area contributed by atoms with Crippen molar-refractivity contribution >= 4 is 11.7 Å².